The molecule has 20 heavy (non-hydrogen) atoms. The molecule has 0 fully saturated rings. The highest BCUT2D eigenvalue weighted by Gasteiger charge is 2.15. The van der Waals surface area contributed by atoms with Crippen molar-refractivity contribution in [3.05, 3.63) is 34.2 Å². The summed E-state index contributed by atoms with van der Waals surface area (Å²) in [6.07, 6.45) is 0.918. The van der Waals surface area contributed by atoms with Gasteiger partial charge in [-0.05, 0) is 38.0 Å². The number of carbonyl (C=O) groups excluding carboxylic acids is 1. The van der Waals surface area contributed by atoms with Crippen molar-refractivity contribution in [3.63, 3.8) is 0 Å². The standard InChI is InChI=1S/C13H15ClN4O2/c1-8-10(4-7-13(19)20-3)9(2)18(17-8)12-6-5-11(14)15-16-12/h5-6H,4,7H2,1-3H3. The molecule has 0 aliphatic heterocycles. The van der Waals surface area contributed by atoms with E-state index in [0.29, 0.717) is 23.8 Å². The fraction of sp³-hybridized carbons (Fsp3) is 0.385. The van der Waals surface area contributed by atoms with Gasteiger partial charge in [-0.1, -0.05) is 11.6 Å². The first-order valence-corrected chi connectivity index (χ1v) is 6.52. The number of ether oxygens (including phenoxy) is 1. The number of methoxy groups -OCH3 is 1. The zero-order valence-corrected chi connectivity index (χ0v) is 12.3. The van der Waals surface area contributed by atoms with Gasteiger partial charge in [-0.2, -0.15) is 5.10 Å². The van der Waals surface area contributed by atoms with E-state index in [1.807, 2.05) is 13.8 Å². The Morgan fingerprint density at radius 3 is 2.70 bits per heavy atom. The van der Waals surface area contributed by atoms with Crippen LogP contribution in [0.15, 0.2) is 12.1 Å². The summed E-state index contributed by atoms with van der Waals surface area (Å²) in [7, 11) is 1.38. The topological polar surface area (TPSA) is 69.9 Å². The molecule has 7 heteroatoms. The molecule has 0 aliphatic carbocycles. The summed E-state index contributed by atoms with van der Waals surface area (Å²) in [6.45, 7) is 3.84. The van der Waals surface area contributed by atoms with Crippen molar-refractivity contribution in [2.24, 2.45) is 0 Å². The van der Waals surface area contributed by atoms with Crippen molar-refractivity contribution in [2.45, 2.75) is 26.7 Å². The van der Waals surface area contributed by atoms with Gasteiger partial charge in [0.2, 0.25) is 0 Å². The first-order valence-electron chi connectivity index (χ1n) is 6.14. The third-order valence-corrected chi connectivity index (χ3v) is 3.28. The van der Waals surface area contributed by atoms with Crippen molar-refractivity contribution in [2.75, 3.05) is 7.11 Å². The highest BCUT2D eigenvalue weighted by atomic mass is 35.5. The molecule has 106 valence electrons. The molecule has 0 aliphatic rings. The monoisotopic (exact) mass is 294 g/mol. The Hall–Kier alpha value is -1.95. The average molecular weight is 295 g/mol. The van der Waals surface area contributed by atoms with Crippen LogP contribution in [0.2, 0.25) is 5.15 Å². The summed E-state index contributed by atoms with van der Waals surface area (Å²) in [4.78, 5) is 11.2. The average Bonchev–Trinajstić information content (AvgIpc) is 2.72. The van der Waals surface area contributed by atoms with Gasteiger partial charge in [0.1, 0.15) is 0 Å². The largest absolute Gasteiger partial charge is 0.469 e. The minimum absolute atomic E-state index is 0.233. The Balaban J connectivity index is 2.28. The maximum absolute atomic E-state index is 11.2. The molecule has 0 bridgehead atoms. The van der Waals surface area contributed by atoms with Gasteiger partial charge in [0.25, 0.3) is 0 Å². The van der Waals surface area contributed by atoms with Crippen LogP contribution >= 0.6 is 11.6 Å². The lowest BCUT2D eigenvalue weighted by Gasteiger charge is -2.04. The normalized spacial score (nSPS) is 10.6. The van der Waals surface area contributed by atoms with Crippen LogP contribution in [0.1, 0.15) is 23.4 Å². The number of nitrogens with zero attached hydrogens (tertiary/aromatic N) is 4. The van der Waals surface area contributed by atoms with E-state index >= 15 is 0 Å². The van der Waals surface area contributed by atoms with E-state index in [0.717, 1.165) is 17.0 Å². The Labute approximate surface area is 121 Å². The molecule has 0 aromatic carbocycles. The molecule has 0 spiro atoms. The first-order chi connectivity index (χ1) is 9.52. The Kier molecular flexibility index (Phi) is 4.34. The summed E-state index contributed by atoms with van der Waals surface area (Å²) in [5, 5.41) is 12.6. The van der Waals surface area contributed by atoms with Crippen molar-refractivity contribution < 1.29 is 9.53 Å². The minimum atomic E-state index is -0.233. The Morgan fingerprint density at radius 1 is 1.35 bits per heavy atom. The SMILES string of the molecule is COC(=O)CCc1c(C)nn(-c2ccc(Cl)nn2)c1C. The van der Waals surface area contributed by atoms with E-state index in [1.165, 1.54) is 7.11 Å². The molecule has 0 radical (unpaired) electrons. The van der Waals surface area contributed by atoms with Gasteiger partial charge in [-0.3, -0.25) is 4.79 Å². The summed E-state index contributed by atoms with van der Waals surface area (Å²) in [5.74, 6) is 0.363. The number of aryl methyl sites for hydroxylation is 1. The maximum Gasteiger partial charge on any atom is 0.305 e. The molecule has 0 N–H and O–H groups in total. The van der Waals surface area contributed by atoms with Crippen molar-refractivity contribution in [1.29, 1.82) is 0 Å². The Morgan fingerprint density at radius 2 is 2.10 bits per heavy atom. The smallest absolute Gasteiger partial charge is 0.305 e. The molecule has 0 saturated heterocycles. The highest BCUT2D eigenvalue weighted by Crippen LogP contribution is 2.18. The van der Waals surface area contributed by atoms with E-state index < -0.39 is 0 Å². The van der Waals surface area contributed by atoms with E-state index in [1.54, 1.807) is 16.8 Å². The number of aromatic nitrogens is 4. The number of rotatable bonds is 4. The fourth-order valence-electron chi connectivity index (χ4n) is 2.01. The number of halogens is 1. The number of carbonyl (C=O) groups is 1. The second-order valence-electron chi connectivity index (χ2n) is 4.35. The summed E-state index contributed by atoms with van der Waals surface area (Å²) in [6, 6.07) is 3.41. The van der Waals surface area contributed by atoms with Crippen LogP contribution in [-0.4, -0.2) is 33.1 Å². The van der Waals surface area contributed by atoms with E-state index in [9.17, 15) is 4.79 Å². The van der Waals surface area contributed by atoms with Crippen LogP contribution < -0.4 is 0 Å². The highest BCUT2D eigenvalue weighted by molar-refractivity contribution is 6.29. The van der Waals surface area contributed by atoms with Gasteiger partial charge in [-0.25, -0.2) is 4.68 Å². The third-order valence-electron chi connectivity index (χ3n) is 3.08. The van der Waals surface area contributed by atoms with E-state index in [2.05, 4.69) is 20.0 Å². The van der Waals surface area contributed by atoms with Crippen molar-refractivity contribution in [3.8, 4) is 5.82 Å². The van der Waals surface area contributed by atoms with E-state index in [4.69, 9.17) is 11.6 Å². The lowest BCUT2D eigenvalue weighted by Crippen LogP contribution is -2.05. The van der Waals surface area contributed by atoms with Gasteiger partial charge in [0.15, 0.2) is 11.0 Å². The molecule has 2 aromatic rings. The van der Waals surface area contributed by atoms with Crippen LogP contribution in [-0.2, 0) is 16.0 Å². The van der Waals surface area contributed by atoms with Crippen LogP contribution in [0.25, 0.3) is 5.82 Å². The molecular weight excluding hydrogens is 280 g/mol. The van der Waals surface area contributed by atoms with Crippen molar-refractivity contribution in [1.82, 2.24) is 20.0 Å². The van der Waals surface area contributed by atoms with Crippen LogP contribution in [0.5, 0.6) is 0 Å². The molecule has 0 unspecified atom stereocenters. The van der Waals surface area contributed by atoms with Crippen molar-refractivity contribution >= 4 is 17.6 Å². The second kappa shape index (κ2) is 6.00. The van der Waals surface area contributed by atoms with Crippen LogP contribution in [0, 0.1) is 13.8 Å². The van der Waals surface area contributed by atoms with Gasteiger partial charge in [0, 0.05) is 12.1 Å². The molecule has 0 atom stereocenters. The molecular formula is C13H15ClN4O2. The molecule has 0 amide bonds. The molecule has 6 nitrogen and oxygen atoms in total. The van der Waals surface area contributed by atoms with Gasteiger partial charge in [-0.15, -0.1) is 10.2 Å². The number of hydrogen-bond donors (Lipinski definition) is 0. The number of esters is 1. The Bertz CT molecular complexity index is 622. The maximum atomic E-state index is 11.2. The fourth-order valence-corrected chi connectivity index (χ4v) is 2.11. The zero-order chi connectivity index (χ0) is 14.7. The summed E-state index contributed by atoms with van der Waals surface area (Å²) >= 11 is 5.72. The van der Waals surface area contributed by atoms with Gasteiger partial charge >= 0.3 is 5.97 Å². The minimum Gasteiger partial charge on any atom is -0.469 e. The lowest BCUT2D eigenvalue weighted by atomic mass is 10.1. The predicted molar refractivity (Wildman–Crippen MR) is 74.0 cm³/mol. The number of hydrogen-bond acceptors (Lipinski definition) is 5. The van der Waals surface area contributed by atoms with E-state index in [-0.39, 0.29) is 5.97 Å². The zero-order valence-electron chi connectivity index (χ0n) is 11.6. The van der Waals surface area contributed by atoms with Gasteiger partial charge in [0.05, 0.1) is 12.8 Å². The lowest BCUT2D eigenvalue weighted by molar-refractivity contribution is -0.140. The third kappa shape index (κ3) is 2.96. The molecule has 2 aromatic heterocycles. The summed E-state index contributed by atoms with van der Waals surface area (Å²) in [5.41, 5.74) is 2.82. The van der Waals surface area contributed by atoms with Crippen LogP contribution in [0.4, 0.5) is 0 Å². The molecule has 0 saturated carbocycles. The first kappa shape index (κ1) is 14.5. The second-order valence-corrected chi connectivity index (χ2v) is 4.74. The predicted octanol–water partition coefficient (Wildman–Crippen LogP) is 2.04. The summed E-state index contributed by atoms with van der Waals surface area (Å²) < 4.78 is 6.35. The van der Waals surface area contributed by atoms with Crippen LogP contribution in [0.3, 0.4) is 0 Å². The quantitative estimate of drug-likeness (QED) is 0.807. The van der Waals surface area contributed by atoms with Gasteiger partial charge < -0.3 is 4.74 Å². The molecule has 2 heterocycles. The molecule has 2 rings (SSSR count).